The Hall–Kier alpha value is -1.84. The molecule has 0 aliphatic heterocycles. The molecule has 0 aliphatic carbocycles. The number of carbonyl (C=O) groups is 1. The Labute approximate surface area is 156 Å². The number of alkyl halides is 17. The number of carbonyl (C=O) groups excluding carboxylic acids is 1. The first-order valence-corrected chi connectivity index (χ1v) is 6.27. The smallest absolute Gasteiger partial charge is 0.289 e. The van der Waals surface area contributed by atoms with Crippen molar-refractivity contribution in [3.8, 4) is 0 Å². The lowest BCUT2D eigenvalue weighted by Gasteiger charge is -2.40. The Bertz CT molecular complexity index is 669. The Morgan fingerprint density at radius 1 is 0.581 bits per heavy atom. The molecule has 22 heteroatoms. The normalized spacial score (nSPS) is 18.9. The molecule has 5 nitrogen and oxygen atoms in total. The van der Waals surface area contributed by atoms with Crippen LogP contribution >= 0.6 is 0 Å². The van der Waals surface area contributed by atoms with Crippen molar-refractivity contribution in [1.82, 2.24) is 5.43 Å². The third kappa shape index (κ3) is 4.83. The molecule has 0 aromatic rings. The second kappa shape index (κ2) is 7.64. The average molecular weight is 510 g/mol. The minimum Gasteiger partial charge on any atom is -0.289 e. The number of nitrogens with one attached hydrogen (secondary N) is 1. The molecule has 0 aromatic carbocycles. The first-order valence-electron chi connectivity index (χ1n) is 6.27. The zero-order valence-corrected chi connectivity index (χ0v) is 13.2. The van der Waals surface area contributed by atoms with E-state index in [1.165, 1.54) is 4.74 Å². The first-order chi connectivity index (χ1) is 13.1. The predicted molar refractivity (Wildman–Crippen MR) is 55.2 cm³/mol. The number of halogens is 17. The largest absolute Gasteiger partial charge is 0.462 e. The highest BCUT2D eigenvalue weighted by atomic mass is 19.4. The second-order valence-corrected chi connectivity index (χ2v) is 4.97. The lowest BCUT2D eigenvalue weighted by Crippen LogP contribution is -2.69. The number of hydrogen-bond donors (Lipinski definition) is 2. The van der Waals surface area contributed by atoms with Crippen LogP contribution in [0.15, 0.2) is 0 Å². The molecule has 186 valence electrons. The van der Waals surface area contributed by atoms with Crippen molar-refractivity contribution in [2.45, 2.75) is 48.4 Å². The third-order valence-electron chi connectivity index (χ3n) is 2.79. The number of hydrazine groups is 1. The van der Waals surface area contributed by atoms with E-state index >= 15 is 0 Å². The predicted octanol–water partition coefficient (Wildman–Crippen LogP) is 3.85. The van der Waals surface area contributed by atoms with Crippen LogP contribution < -0.4 is 11.3 Å². The van der Waals surface area contributed by atoms with Gasteiger partial charge in [0.2, 0.25) is 0 Å². The SMILES string of the molecule is NNC(=O)[C@](F)(OC(F)(F)[C@](F)(OC(F)(F)C(F)(F)C(F)(F)F)C(F)(F)F)C(F)(F)F. The van der Waals surface area contributed by atoms with Gasteiger partial charge in [0.1, 0.15) is 0 Å². The average Bonchev–Trinajstić information content (AvgIpc) is 2.49. The van der Waals surface area contributed by atoms with E-state index in [9.17, 15) is 79.4 Å². The molecule has 0 unspecified atom stereocenters. The van der Waals surface area contributed by atoms with Crippen LogP contribution in [0.25, 0.3) is 0 Å². The summed E-state index contributed by atoms with van der Waals surface area (Å²) < 4.78 is 218. The van der Waals surface area contributed by atoms with Crippen molar-refractivity contribution < 1.29 is 88.9 Å². The maximum atomic E-state index is 13.7. The maximum Gasteiger partial charge on any atom is 0.462 e. The quantitative estimate of drug-likeness (QED) is 0.237. The highest BCUT2D eigenvalue weighted by molar-refractivity contribution is 5.83. The Balaban J connectivity index is 6.69. The molecule has 0 rings (SSSR count). The summed E-state index contributed by atoms with van der Waals surface area (Å²) in [6.45, 7) is 0. The summed E-state index contributed by atoms with van der Waals surface area (Å²) in [7, 11) is 0. The molecule has 2 atom stereocenters. The van der Waals surface area contributed by atoms with E-state index in [2.05, 4.69) is 5.84 Å². The van der Waals surface area contributed by atoms with E-state index in [0.29, 0.717) is 0 Å². The van der Waals surface area contributed by atoms with Gasteiger partial charge in [-0.3, -0.25) is 19.7 Å². The van der Waals surface area contributed by atoms with Gasteiger partial charge in [-0.1, -0.05) is 0 Å². The molecule has 1 amide bonds. The molecule has 0 saturated carbocycles. The Morgan fingerprint density at radius 3 is 1.23 bits per heavy atom. The van der Waals surface area contributed by atoms with Gasteiger partial charge in [0.15, 0.2) is 0 Å². The summed E-state index contributed by atoms with van der Waals surface area (Å²) >= 11 is 0. The van der Waals surface area contributed by atoms with Gasteiger partial charge in [-0.15, -0.1) is 0 Å². The lowest BCUT2D eigenvalue weighted by atomic mass is 10.2. The fraction of sp³-hybridized carbons (Fsp3) is 0.889. The van der Waals surface area contributed by atoms with E-state index in [1.54, 1.807) is 4.74 Å². The summed E-state index contributed by atoms with van der Waals surface area (Å²) in [6.07, 6.45) is -38.5. The fourth-order valence-electron chi connectivity index (χ4n) is 1.26. The number of ether oxygens (including phenoxy) is 2. The summed E-state index contributed by atoms with van der Waals surface area (Å²) in [5.41, 5.74) is 0.0636. The first kappa shape index (κ1) is 29.2. The molecule has 31 heavy (non-hydrogen) atoms. The van der Waals surface area contributed by atoms with Gasteiger partial charge in [0.25, 0.3) is 0 Å². The van der Waals surface area contributed by atoms with E-state index in [4.69, 9.17) is 0 Å². The van der Waals surface area contributed by atoms with Crippen LogP contribution in [-0.4, -0.2) is 54.3 Å². The molecule has 0 spiro atoms. The van der Waals surface area contributed by atoms with E-state index in [-0.39, 0.29) is 5.43 Å². The molecule has 0 bridgehead atoms. The van der Waals surface area contributed by atoms with Gasteiger partial charge in [-0.2, -0.15) is 74.6 Å². The van der Waals surface area contributed by atoms with E-state index in [0.717, 1.165) is 0 Å². The Kier molecular flexibility index (Phi) is 7.18. The third-order valence-corrected chi connectivity index (χ3v) is 2.79. The number of hydrogen-bond acceptors (Lipinski definition) is 4. The Morgan fingerprint density at radius 2 is 0.968 bits per heavy atom. The minimum atomic E-state index is -8.05. The number of nitrogens with two attached hydrogens (primary N) is 1. The van der Waals surface area contributed by atoms with Crippen molar-refractivity contribution in [3.63, 3.8) is 0 Å². The van der Waals surface area contributed by atoms with Gasteiger partial charge in [0.05, 0.1) is 0 Å². The molecular weight excluding hydrogens is 507 g/mol. The van der Waals surface area contributed by atoms with Gasteiger partial charge in [0, 0.05) is 0 Å². The van der Waals surface area contributed by atoms with Crippen LogP contribution in [0.3, 0.4) is 0 Å². The zero-order valence-electron chi connectivity index (χ0n) is 13.2. The van der Waals surface area contributed by atoms with Crippen LogP contribution in [0.4, 0.5) is 74.6 Å². The lowest BCUT2D eigenvalue weighted by molar-refractivity contribution is -0.548. The van der Waals surface area contributed by atoms with Gasteiger partial charge in [-0.25, -0.2) is 5.84 Å². The molecule has 0 aromatic heterocycles. The van der Waals surface area contributed by atoms with Crippen LogP contribution in [0.5, 0.6) is 0 Å². The van der Waals surface area contributed by atoms with Crippen LogP contribution in [0, 0.1) is 0 Å². The van der Waals surface area contributed by atoms with E-state index in [1.807, 2.05) is 0 Å². The van der Waals surface area contributed by atoms with Gasteiger partial charge < -0.3 is 0 Å². The second-order valence-electron chi connectivity index (χ2n) is 4.97. The van der Waals surface area contributed by atoms with Crippen molar-refractivity contribution in [2.24, 2.45) is 5.84 Å². The monoisotopic (exact) mass is 510 g/mol. The highest BCUT2D eigenvalue weighted by Crippen LogP contribution is 2.56. The molecule has 0 radical (unpaired) electrons. The summed E-state index contributed by atoms with van der Waals surface area (Å²) in [5.74, 6) is -22.5. The van der Waals surface area contributed by atoms with Gasteiger partial charge in [-0.05, 0) is 0 Å². The van der Waals surface area contributed by atoms with E-state index < -0.39 is 54.3 Å². The summed E-state index contributed by atoms with van der Waals surface area (Å²) in [6, 6.07) is 0. The molecule has 0 aliphatic rings. The topological polar surface area (TPSA) is 73.6 Å². The number of amides is 1. The van der Waals surface area contributed by atoms with Crippen LogP contribution in [-0.2, 0) is 14.3 Å². The standard InChI is InChI=1S/C9H3F17N2O3/c10-2(1(29)28-27,5(14,15)16)30-9(25,26)4(13,7(20,21)22)31-8(23,24)3(11,12)6(17,18)19/h27H2,(H,28,29)/t2-,4+/m0/s1. The van der Waals surface area contributed by atoms with Crippen molar-refractivity contribution in [3.05, 3.63) is 0 Å². The minimum absolute atomic E-state index is 0.0636. The fourth-order valence-corrected chi connectivity index (χ4v) is 1.26. The maximum absolute atomic E-state index is 13.7. The molecule has 0 fully saturated rings. The molecular formula is C9H3F17N2O3. The molecule has 3 N–H and O–H groups in total. The van der Waals surface area contributed by atoms with Crippen LogP contribution in [0.1, 0.15) is 0 Å². The molecule has 0 heterocycles. The zero-order chi connectivity index (χ0) is 25.7. The molecule has 0 saturated heterocycles. The van der Waals surface area contributed by atoms with Crippen molar-refractivity contribution >= 4 is 5.91 Å². The van der Waals surface area contributed by atoms with Gasteiger partial charge >= 0.3 is 54.3 Å². The summed E-state index contributed by atoms with van der Waals surface area (Å²) in [5, 5.41) is 0. The highest BCUT2D eigenvalue weighted by Gasteiger charge is 2.85. The number of rotatable bonds is 7. The van der Waals surface area contributed by atoms with Crippen molar-refractivity contribution in [1.29, 1.82) is 0 Å². The van der Waals surface area contributed by atoms with Crippen molar-refractivity contribution in [2.75, 3.05) is 0 Å². The summed E-state index contributed by atoms with van der Waals surface area (Å²) in [4.78, 5) is 10.7. The van der Waals surface area contributed by atoms with Crippen LogP contribution in [0.2, 0.25) is 0 Å².